The van der Waals surface area contributed by atoms with Crippen molar-refractivity contribution >= 4 is 11.9 Å². The molecule has 0 spiro atoms. The number of aromatic nitrogens is 1. The molecule has 1 aromatic heterocycles. The smallest absolute Gasteiger partial charge is 0.337 e. The van der Waals surface area contributed by atoms with Gasteiger partial charge in [-0.05, 0) is 39.2 Å². The Morgan fingerprint density at radius 2 is 2.05 bits per heavy atom. The lowest BCUT2D eigenvalue weighted by atomic mass is 9.91. The standard InChI is InChI=1S/C15H20N2O4/c1-15(2,12-5-3-4-6-21-12)17-13(18)10-7-11(14(19)20)9-16-8-10/h7-9,12H,3-6H2,1-2H3,(H,17,18)(H,19,20). The molecule has 6 heteroatoms. The van der Waals surface area contributed by atoms with Crippen LogP contribution < -0.4 is 5.32 Å². The summed E-state index contributed by atoms with van der Waals surface area (Å²) in [6.45, 7) is 4.53. The molecule has 1 amide bonds. The third-order valence-corrected chi connectivity index (χ3v) is 3.67. The van der Waals surface area contributed by atoms with Crippen LogP contribution in [-0.4, -0.2) is 40.2 Å². The highest BCUT2D eigenvalue weighted by Gasteiger charge is 2.33. The molecule has 1 fully saturated rings. The topological polar surface area (TPSA) is 88.5 Å². The highest BCUT2D eigenvalue weighted by atomic mass is 16.5. The Morgan fingerprint density at radius 1 is 1.33 bits per heavy atom. The predicted molar refractivity (Wildman–Crippen MR) is 76.3 cm³/mol. The van der Waals surface area contributed by atoms with Gasteiger partial charge in [-0.3, -0.25) is 9.78 Å². The van der Waals surface area contributed by atoms with Gasteiger partial charge in [0.25, 0.3) is 5.91 Å². The maximum Gasteiger partial charge on any atom is 0.337 e. The SMILES string of the molecule is CC(C)(NC(=O)c1cncc(C(=O)O)c1)C1CCCCO1. The van der Waals surface area contributed by atoms with Gasteiger partial charge in [-0.25, -0.2) is 4.79 Å². The molecule has 0 aliphatic carbocycles. The Morgan fingerprint density at radius 3 is 2.67 bits per heavy atom. The molecule has 0 aromatic carbocycles. The van der Waals surface area contributed by atoms with Crippen LogP contribution in [0, 0.1) is 0 Å². The molecule has 21 heavy (non-hydrogen) atoms. The van der Waals surface area contributed by atoms with Gasteiger partial charge in [-0.15, -0.1) is 0 Å². The van der Waals surface area contributed by atoms with Crippen molar-refractivity contribution in [1.29, 1.82) is 0 Å². The normalized spacial score (nSPS) is 19.0. The summed E-state index contributed by atoms with van der Waals surface area (Å²) in [5, 5.41) is 11.8. The molecule has 1 saturated heterocycles. The summed E-state index contributed by atoms with van der Waals surface area (Å²) in [5.74, 6) is -1.45. The van der Waals surface area contributed by atoms with Gasteiger partial charge in [0, 0.05) is 19.0 Å². The summed E-state index contributed by atoms with van der Waals surface area (Å²) in [7, 11) is 0. The minimum absolute atomic E-state index is 0.00521. The van der Waals surface area contributed by atoms with E-state index in [4.69, 9.17) is 9.84 Å². The van der Waals surface area contributed by atoms with Crippen LogP contribution in [-0.2, 0) is 4.74 Å². The summed E-state index contributed by atoms with van der Waals surface area (Å²) < 4.78 is 5.72. The van der Waals surface area contributed by atoms with Crippen LogP contribution in [0.2, 0.25) is 0 Å². The second kappa shape index (κ2) is 6.22. The van der Waals surface area contributed by atoms with E-state index in [2.05, 4.69) is 10.3 Å². The molecule has 2 rings (SSSR count). The van der Waals surface area contributed by atoms with Crippen molar-refractivity contribution in [1.82, 2.24) is 10.3 Å². The number of carboxylic acid groups (broad SMARTS) is 1. The first-order valence-electron chi connectivity index (χ1n) is 7.02. The number of pyridine rings is 1. The molecule has 6 nitrogen and oxygen atoms in total. The molecule has 1 unspecified atom stereocenters. The average Bonchev–Trinajstić information content (AvgIpc) is 2.48. The largest absolute Gasteiger partial charge is 0.478 e. The second-order valence-corrected chi connectivity index (χ2v) is 5.80. The van der Waals surface area contributed by atoms with Crippen molar-refractivity contribution in [2.45, 2.75) is 44.8 Å². The molecule has 1 aliphatic heterocycles. The molecule has 2 N–H and O–H groups in total. The summed E-state index contributed by atoms with van der Waals surface area (Å²) in [4.78, 5) is 27.0. The van der Waals surface area contributed by atoms with E-state index in [9.17, 15) is 9.59 Å². The minimum atomic E-state index is -1.10. The van der Waals surface area contributed by atoms with E-state index in [-0.39, 0.29) is 23.1 Å². The van der Waals surface area contributed by atoms with Crippen LogP contribution >= 0.6 is 0 Å². The van der Waals surface area contributed by atoms with E-state index in [1.165, 1.54) is 18.5 Å². The van der Waals surface area contributed by atoms with Gasteiger partial charge in [-0.1, -0.05) is 0 Å². The van der Waals surface area contributed by atoms with Crippen molar-refractivity contribution in [3.63, 3.8) is 0 Å². The van der Waals surface area contributed by atoms with E-state index in [1.54, 1.807) is 0 Å². The quantitative estimate of drug-likeness (QED) is 0.884. The molecule has 1 atom stereocenters. The molecular formula is C15H20N2O4. The Hall–Kier alpha value is -1.95. The highest BCUT2D eigenvalue weighted by molar-refractivity contribution is 5.97. The number of nitrogens with one attached hydrogen (secondary N) is 1. The zero-order chi connectivity index (χ0) is 15.5. The number of aromatic carboxylic acids is 1. The van der Waals surface area contributed by atoms with Crippen LogP contribution in [0.15, 0.2) is 18.5 Å². The Labute approximate surface area is 123 Å². The zero-order valence-corrected chi connectivity index (χ0v) is 12.3. The molecule has 0 bridgehead atoms. The monoisotopic (exact) mass is 292 g/mol. The number of carbonyl (C=O) groups excluding carboxylic acids is 1. The minimum Gasteiger partial charge on any atom is -0.478 e. The maximum atomic E-state index is 12.3. The highest BCUT2D eigenvalue weighted by Crippen LogP contribution is 2.23. The molecular weight excluding hydrogens is 272 g/mol. The van der Waals surface area contributed by atoms with Crippen molar-refractivity contribution < 1.29 is 19.4 Å². The summed E-state index contributed by atoms with van der Waals surface area (Å²) >= 11 is 0. The second-order valence-electron chi connectivity index (χ2n) is 5.80. The van der Waals surface area contributed by atoms with Crippen LogP contribution in [0.4, 0.5) is 0 Å². The lowest BCUT2D eigenvalue weighted by molar-refractivity contribution is -0.0318. The van der Waals surface area contributed by atoms with Gasteiger partial charge in [0.2, 0.25) is 0 Å². The Kier molecular flexibility index (Phi) is 4.57. The van der Waals surface area contributed by atoms with Gasteiger partial charge >= 0.3 is 5.97 Å². The lowest BCUT2D eigenvalue weighted by Crippen LogP contribution is -2.54. The number of amides is 1. The molecule has 0 saturated carbocycles. The maximum absolute atomic E-state index is 12.3. The first-order chi connectivity index (χ1) is 9.90. The number of carboxylic acids is 1. The fourth-order valence-electron chi connectivity index (χ4n) is 2.44. The van der Waals surface area contributed by atoms with E-state index in [0.717, 1.165) is 19.3 Å². The van der Waals surface area contributed by atoms with E-state index in [0.29, 0.717) is 6.61 Å². The third-order valence-electron chi connectivity index (χ3n) is 3.67. The van der Waals surface area contributed by atoms with E-state index >= 15 is 0 Å². The van der Waals surface area contributed by atoms with Crippen LogP contribution in [0.3, 0.4) is 0 Å². The number of rotatable bonds is 4. The van der Waals surface area contributed by atoms with Gasteiger partial charge in [0.15, 0.2) is 0 Å². The van der Waals surface area contributed by atoms with Gasteiger partial charge in [0.1, 0.15) is 0 Å². The van der Waals surface area contributed by atoms with Gasteiger partial charge in [0.05, 0.1) is 22.8 Å². The number of nitrogens with zero attached hydrogens (tertiary/aromatic N) is 1. The third kappa shape index (κ3) is 3.78. The van der Waals surface area contributed by atoms with Crippen molar-refractivity contribution in [2.75, 3.05) is 6.61 Å². The average molecular weight is 292 g/mol. The Bertz CT molecular complexity index is 536. The number of carbonyl (C=O) groups is 2. The van der Waals surface area contributed by atoms with Gasteiger partial charge < -0.3 is 15.2 Å². The summed E-state index contributed by atoms with van der Waals surface area (Å²) in [6.07, 6.45) is 5.57. The molecule has 1 aromatic rings. The van der Waals surface area contributed by atoms with Crippen LogP contribution in [0.1, 0.15) is 53.8 Å². The number of ether oxygens (including phenoxy) is 1. The van der Waals surface area contributed by atoms with Crippen LogP contribution in [0.5, 0.6) is 0 Å². The molecule has 114 valence electrons. The fraction of sp³-hybridized carbons (Fsp3) is 0.533. The Balaban J connectivity index is 2.09. The first-order valence-corrected chi connectivity index (χ1v) is 7.02. The lowest BCUT2D eigenvalue weighted by Gasteiger charge is -2.37. The summed E-state index contributed by atoms with van der Waals surface area (Å²) in [5.41, 5.74) is -0.287. The van der Waals surface area contributed by atoms with Crippen LogP contribution in [0.25, 0.3) is 0 Å². The molecule has 0 radical (unpaired) electrons. The van der Waals surface area contributed by atoms with E-state index in [1.807, 2.05) is 13.8 Å². The predicted octanol–water partition coefficient (Wildman–Crippen LogP) is 1.86. The van der Waals surface area contributed by atoms with E-state index < -0.39 is 11.5 Å². The van der Waals surface area contributed by atoms with Gasteiger partial charge in [-0.2, -0.15) is 0 Å². The van der Waals surface area contributed by atoms with Crippen molar-refractivity contribution in [3.05, 3.63) is 29.6 Å². The fourth-order valence-corrected chi connectivity index (χ4v) is 2.44. The molecule has 1 aliphatic rings. The van der Waals surface area contributed by atoms with Crippen molar-refractivity contribution in [3.8, 4) is 0 Å². The van der Waals surface area contributed by atoms with Crippen molar-refractivity contribution in [2.24, 2.45) is 0 Å². The molecule has 2 heterocycles. The summed E-state index contributed by atoms with van der Waals surface area (Å²) in [6, 6.07) is 1.32. The number of hydrogen-bond acceptors (Lipinski definition) is 4. The number of hydrogen-bond donors (Lipinski definition) is 2. The zero-order valence-electron chi connectivity index (χ0n) is 12.3. The first kappa shape index (κ1) is 15.4.